The number of alkyl halides is 3. The van der Waals surface area contributed by atoms with Gasteiger partial charge in [0, 0.05) is 54.9 Å². The van der Waals surface area contributed by atoms with Crippen molar-refractivity contribution in [1.29, 1.82) is 5.26 Å². The highest BCUT2D eigenvalue weighted by atomic mass is 19.4. The Bertz CT molecular complexity index is 4820. The molecule has 0 spiro atoms. The van der Waals surface area contributed by atoms with E-state index in [0.29, 0.717) is 90.2 Å². The number of aromatic nitrogens is 5. The minimum atomic E-state index is -4.73. The topological polar surface area (TPSA) is 85.4 Å². The molecule has 0 aliphatic heterocycles. The molecule has 0 bridgehead atoms. The molecule has 0 unspecified atom stereocenters. The first kappa shape index (κ1) is 48.2. The predicted octanol–water partition coefficient (Wildman–Crippen LogP) is 18.6. The molecule has 12 heteroatoms. The van der Waals surface area contributed by atoms with Gasteiger partial charge in [0.05, 0.1) is 64.8 Å². The summed E-state index contributed by atoms with van der Waals surface area (Å²) >= 11 is 0. The maximum atomic E-state index is 15.4. The third-order valence-corrected chi connectivity index (χ3v) is 14.5. The third kappa shape index (κ3) is 8.22. The molecule has 13 aromatic rings. The molecule has 0 saturated carbocycles. The monoisotopic (exact) mass is 1040 g/mol. The molecule has 0 N–H and O–H groups in total. The average molecular weight is 1040 g/mol. The normalized spacial score (nSPS) is 11.4. The highest BCUT2D eigenvalue weighted by molar-refractivity contribution is 6.13. The number of benzene rings is 10. The molecule has 0 aliphatic carbocycles. The predicted molar refractivity (Wildman–Crippen MR) is 310 cm³/mol. The van der Waals surface area contributed by atoms with E-state index in [4.69, 9.17) is 34.7 Å². The van der Waals surface area contributed by atoms with Gasteiger partial charge < -0.3 is 9.13 Å². The van der Waals surface area contributed by atoms with Gasteiger partial charge in [0.15, 0.2) is 34.5 Å². The SMILES string of the molecule is [C-]#[N+]c1ccc(-c2ccc3c(c2)c2ccccc2n3-c2ccc(-c3nc(-c4ccccc4)nc(-c4ccccc4)n3)cc2-c2ccc(C(F)(F)F)cc2-n2c3ccccc3c3cc(-c4ccc(C#N)cc4[N+]#[C-])ccc32)c([N+]#[C-])c1. The molecule has 0 atom stereocenters. The van der Waals surface area contributed by atoms with Crippen molar-refractivity contribution < 1.29 is 13.2 Å². The first-order chi connectivity index (χ1) is 39.1. The van der Waals surface area contributed by atoms with Crippen molar-refractivity contribution in [2.45, 2.75) is 6.18 Å². The van der Waals surface area contributed by atoms with Gasteiger partial charge in [0.25, 0.3) is 0 Å². The van der Waals surface area contributed by atoms with Crippen LogP contribution in [0.25, 0.3) is 137 Å². The van der Waals surface area contributed by atoms with Crippen LogP contribution in [-0.4, -0.2) is 24.1 Å². The quantitative estimate of drug-likeness (QED) is 0.142. The molecule has 374 valence electrons. The van der Waals surface area contributed by atoms with E-state index >= 15 is 13.2 Å². The van der Waals surface area contributed by atoms with Crippen molar-refractivity contribution in [3.63, 3.8) is 0 Å². The summed E-state index contributed by atoms with van der Waals surface area (Å²) in [4.78, 5) is 26.2. The first-order valence-corrected chi connectivity index (χ1v) is 25.2. The molecule has 3 aromatic heterocycles. The summed E-state index contributed by atoms with van der Waals surface area (Å²) < 4.78 is 50.1. The smallest absolute Gasteiger partial charge is 0.309 e. The Morgan fingerprint density at radius 3 is 1.43 bits per heavy atom. The van der Waals surface area contributed by atoms with Crippen LogP contribution in [0.2, 0.25) is 0 Å². The van der Waals surface area contributed by atoms with Crippen molar-refractivity contribution in [2.24, 2.45) is 0 Å². The van der Waals surface area contributed by atoms with Gasteiger partial charge in [0.1, 0.15) is 0 Å². The van der Waals surface area contributed by atoms with Gasteiger partial charge in [-0.3, -0.25) is 0 Å². The molecule has 0 amide bonds. The van der Waals surface area contributed by atoms with E-state index in [2.05, 4.69) is 25.2 Å². The number of para-hydroxylation sites is 2. The van der Waals surface area contributed by atoms with E-state index in [9.17, 15) is 5.26 Å². The Hall–Kier alpha value is -11.4. The molecule has 3 heterocycles. The number of nitriles is 1. The van der Waals surface area contributed by atoms with Gasteiger partial charge in [0.2, 0.25) is 0 Å². The van der Waals surface area contributed by atoms with Gasteiger partial charge in [-0.2, -0.15) is 18.4 Å². The Morgan fingerprint density at radius 1 is 0.388 bits per heavy atom. The van der Waals surface area contributed by atoms with Crippen LogP contribution in [0.3, 0.4) is 0 Å². The summed E-state index contributed by atoms with van der Waals surface area (Å²) in [6.45, 7) is 23.6. The van der Waals surface area contributed by atoms with Crippen molar-refractivity contribution in [1.82, 2.24) is 24.1 Å². The Kier molecular flexibility index (Phi) is 11.6. The zero-order valence-electron chi connectivity index (χ0n) is 41.9. The van der Waals surface area contributed by atoms with Crippen LogP contribution >= 0.6 is 0 Å². The van der Waals surface area contributed by atoms with Crippen molar-refractivity contribution in [3.8, 4) is 85.0 Å². The molecule has 9 nitrogen and oxygen atoms in total. The van der Waals surface area contributed by atoms with Gasteiger partial charge in [-0.05, 0) is 101 Å². The second-order valence-corrected chi connectivity index (χ2v) is 19.0. The number of nitrogens with zero attached hydrogens (tertiary/aromatic N) is 9. The van der Waals surface area contributed by atoms with Gasteiger partial charge in [-0.1, -0.05) is 140 Å². The van der Waals surface area contributed by atoms with Gasteiger partial charge in [-0.25, -0.2) is 29.5 Å². The van der Waals surface area contributed by atoms with E-state index in [0.717, 1.165) is 55.3 Å². The summed E-state index contributed by atoms with van der Waals surface area (Å²) in [6, 6.07) is 68.3. The standard InChI is InChI=1S/C68H36F3N9/c1-73-48-27-30-50(58(39-48)75-3)45-23-31-61-54(36-45)51-18-10-12-20-59(51)79(61)62-33-25-46(67-77-65(42-14-6-4-7-15-42)76-66(78-67)43-16-8-5-9-17-43)37-56(62)53-29-26-47(68(69,70)71)38-64(53)80-60-21-13-11-19-52(60)55-35-44(24-32-63(55)80)49-28-22-41(40-72)34-57(49)74-2/h4-39H. The van der Waals surface area contributed by atoms with Crippen LogP contribution in [-0.2, 0) is 6.18 Å². The molecule has 0 radical (unpaired) electrons. The highest BCUT2D eigenvalue weighted by Crippen LogP contribution is 2.46. The Labute approximate surface area is 456 Å². The van der Waals surface area contributed by atoms with Crippen molar-refractivity contribution in [2.75, 3.05) is 0 Å². The lowest BCUT2D eigenvalue weighted by atomic mass is 9.96. The summed E-state index contributed by atoms with van der Waals surface area (Å²) in [5.74, 6) is 1.22. The molecular weight excluding hydrogens is 1000 g/mol. The summed E-state index contributed by atoms with van der Waals surface area (Å²) in [6.07, 6.45) is -4.73. The molecule has 10 aromatic carbocycles. The van der Waals surface area contributed by atoms with Crippen LogP contribution in [0.15, 0.2) is 218 Å². The van der Waals surface area contributed by atoms with Gasteiger partial charge >= 0.3 is 6.18 Å². The van der Waals surface area contributed by atoms with E-state index < -0.39 is 11.7 Å². The number of hydrogen-bond acceptors (Lipinski definition) is 4. The molecular formula is C68H36F3N9. The van der Waals surface area contributed by atoms with Crippen LogP contribution in [0.1, 0.15) is 11.1 Å². The molecule has 0 aliphatic rings. The summed E-state index contributed by atoms with van der Waals surface area (Å²) in [5, 5.41) is 12.9. The molecule has 0 fully saturated rings. The van der Waals surface area contributed by atoms with E-state index in [1.807, 2.05) is 168 Å². The zero-order chi connectivity index (χ0) is 54.6. The van der Waals surface area contributed by atoms with Crippen LogP contribution < -0.4 is 0 Å². The van der Waals surface area contributed by atoms with Crippen molar-refractivity contribution >= 4 is 60.7 Å². The molecule has 0 saturated heterocycles. The average Bonchev–Trinajstić information content (AvgIpc) is 4.13. The van der Waals surface area contributed by atoms with Gasteiger partial charge in [-0.15, -0.1) is 0 Å². The molecule has 13 rings (SSSR count). The fourth-order valence-corrected chi connectivity index (χ4v) is 10.8. The fraction of sp³-hybridized carbons (Fsp3) is 0.0147. The molecule has 80 heavy (non-hydrogen) atoms. The second-order valence-electron chi connectivity index (χ2n) is 19.0. The minimum Gasteiger partial charge on any atom is -0.309 e. The van der Waals surface area contributed by atoms with Crippen LogP contribution in [0.5, 0.6) is 0 Å². The highest BCUT2D eigenvalue weighted by Gasteiger charge is 2.33. The van der Waals surface area contributed by atoms with E-state index in [1.54, 1.807) is 36.4 Å². The lowest BCUT2D eigenvalue weighted by Gasteiger charge is -2.21. The number of halogens is 3. The maximum absolute atomic E-state index is 15.4. The first-order valence-electron chi connectivity index (χ1n) is 25.2. The van der Waals surface area contributed by atoms with E-state index in [1.165, 1.54) is 12.1 Å². The third-order valence-electron chi connectivity index (χ3n) is 14.5. The Morgan fingerprint density at radius 2 is 0.875 bits per heavy atom. The minimum absolute atomic E-state index is 0.251. The summed E-state index contributed by atoms with van der Waals surface area (Å²) in [5.41, 5.74) is 10.2. The number of fused-ring (bicyclic) bond motifs is 6. The maximum Gasteiger partial charge on any atom is 0.416 e. The van der Waals surface area contributed by atoms with E-state index in [-0.39, 0.29) is 5.69 Å². The largest absolute Gasteiger partial charge is 0.416 e. The van der Waals surface area contributed by atoms with Crippen molar-refractivity contribution in [3.05, 3.63) is 264 Å². The Balaban J connectivity index is 1.11. The summed E-state index contributed by atoms with van der Waals surface area (Å²) in [7, 11) is 0. The number of hydrogen-bond donors (Lipinski definition) is 0. The van der Waals surface area contributed by atoms with Crippen LogP contribution in [0, 0.1) is 31.0 Å². The van der Waals surface area contributed by atoms with Crippen LogP contribution in [0.4, 0.5) is 30.2 Å². The lowest BCUT2D eigenvalue weighted by Crippen LogP contribution is -2.08. The second kappa shape index (κ2) is 19.3. The zero-order valence-corrected chi connectivity index (χ0v) is 41.9. The number of rotatable bonds is 8. The lowest BCUT2D eigenvalue weighted by molar-refractivity contribution is -0.137. The fourth-order valence-electron chi connectivity index (χ4n) is 10.8.